The quantitative estimate of drug-likeness (QED) is 0.563. The minimum atomic E-state index is -0.567. The van der Waals surface area contributed by atoms with Crippen molar-refractivity contribution in [2.24, 2.45) is 0 Å². The number of pyridine rings is 1. The van der Waals surface area contributed by atoms with Crippen LogP contribution in [0.4, 0.5) is 10.5 Å². The van der Waals surface area contributed by atoms with Gasteiger partial charge in [0.05, 0.1) is 18.3 Å². The third-order valence-electron chi connectivity index (χ3n) is 4.38. The van der Waals surface area contributed by atoms with Crippen LogP contribution in [-0.2, 0) is 9.47 Å². The zero-order valence-corrected chi connectivity index (χ0v) is 18.9. The maximum absolute atomic E-state index is 12.4. The Labute approximate surface area is 179 Å². The Hall–Kier alpha value is -2.87. The molecule has 0 bridgehead atoms. The number of esters is 1. The molecule has 0 unspecified atom stereocenters. The Bertz CT molecular complexity index is 1100. The number of thiophene rings is 1. The van der Waals surface area contributed by atoms with Gasteiger partial charge in [-0.05, 0) is 52.8 Å². The first-order chi connectivity index (χ1) is 14.1. The molecule has 2 aromatic heterocycles. The number of amides is 1. The van der Waals surface area contributed by atoms with Crippen LogP contribution in [0.15, 0.2) is 24.3 Å². The highest BCUT2D eigenvalue weighted by molar-refractivity contribution is 7.21. The maximum atomic E-state index is 12.4. The van der Waals surface area contributed by atoms with Crippen molar-refractivity contribution in [1.29, 1.82) is 0 Å². The summed E-state index contributed by atoms with van der Waals surface area (Å²) in [5.41, 5.74) is 1.91. The number of aromatic nitrogens is 1. The van der Waals surface area contributed by atoms with E-state index in [4.69, 9.17) is 9.47 Å². The number of benzene rings is 1. The first kappa shape index (κ1) is 21.8. The SMILES string of the molecule is COC(=O)c1sc2ccc3nc(C)ccc3c2c1NC[C@H](C)NC(=O)OC(C)(C)C. The molecule has 2 heterocycles. The molecule has 0 aliphatic rings. The molecule has 0 aliphatic heterocycles. The molecule has 1 atom stereocenters. The molecule has 3 rings (SSSR count). The van der Waals surface area contributed by atoms with Crippen LogP contribution in [0.5, 0.6) is 0 Å². The second kappa shape index (κ2) is 8.47. The van der Waals surface area contributed by atoms with E-state index in [1.54, 1.807) is 0 Å². The number of anilines is 1. The number of hydrogen-bond donors (Lipinski definition) is 2. The van der Waals surface area contributed by atoms with Crippen molar-refractivity contribution in [2.45, 2.75) is 46.3 Å². The Morgan fingerprint density at radius 3 is 2.60 bits per heavy atom. The zero-order valence-electron chi connectivity index (χ0n) is 18.1. The van der Waals surface area contributed by atoms with Gasteiger partial charge < -0.3 is 20.1 Å². The molecule has 160 valence electrons. The second-order valence-corrected chi connectivity index (χ2v) is 9.24. The van der Waals surface area contributed by atoms with Crippen molar-refractivity contribution in [3.63, 3.8) is 0 Å². The number of rotatable bonds is 5. The van der Waals surface area contributed by atoms with Crippen molar-refractivity contribution < 1.29 is 19.1 Å². The summed E-state index contributed by atoms with van der Waals surface area (Å²) in [5.74, 6) is -0.403. The van der Waals surface area contributed by atoms with Gasteiger partial charge in [-0.3, -0.25) is 4.98 Å². The number of fused-ring (bicyclic) bond motifs is 3. The molecule has 0 spiro atoms. The number of nitrogens with zero attached hydrogens (tertiary/aromatic N) is 1. The summed E-state index contributed by atoms with van der Waals surface area (Å²) in [6.07, 6.45) is -0.481. The van der Waals surface area contributed by atoms with Crippen LogP contribution >= 0.6 is 11.3 Å². The molecule has 1 aromatic carbocycles. The van der Waals surface area contributed by atoms with Gasteiger partial charge in [0.15, 0.2) is 0 Å². The summed E-state index contributed by atoms with van der Waals surface area (Å²) in [4.78, 5) is 29.5. The average Bonchev–Trinajstić information content (AvgIpc) is 3.02. The Morgan fingerprint density at radius 1 is 1.20 bits per heavy atom. The fourth-order valence-electron chi connectivity index (χ4n) is 3.12. The molecule has 7 nitrogen and oxygen atoms in total. The van der Waals surface area contributed by atoms with Crippen LogP contribution in [-0.4, -0.2) is 42.3 Å². The molecular weight excluding hydrogens is 402 g/mol. The van der Waals surface area contributed by atoms with Crippen LogP contribution in [0.3, 0.4) is 0 Å². The molecule has 30 heavy (non-hydrogen) atoms. The van der Waals surface area contributed by atoms with E-state index in [1.165, 1.54) is 18.4 Å². The fourth-order valence-corrected chi connectivity index (χ4v) is 4.24. The highest BCUT2D eigenvalue weighted by Crippen LogP contribution is 2.40. The first-order valence-corrected chi connectivity index (χ1v) is 10.6. The number of nitrogens with one attached hydrogen (secondary N) is 2. The van der Waals surface area contributed by atoms with Crippen LogP contribution in [0, 0.1) is 6.92 Å². The van der Waals surface area contributed by atoms with Crippen molar-refractivity contribution in [3.05, 3.63) is 34.8 Å². The zero-order chi connectivity index (χ0) is 22.1. The predicted octanol–water partition coefficient (Wildman–Crippen LogP) is 4.87. The van der Waals surface area contributed by atoms with E-state index >= 15 is 0 Å². The van der Waals surface area contributed by atoms with Gasteiger partial charge in [0.1, 0.15) is 10.5 Å². The predicted molar refractivity (Wildman–Crippen MR) is 121 cm³/mol. The van der Waals surface area contributed by atoms with Crippen molar-refractivity contribution in [3.8, 4) is 0 Å². The fraction of sp³-hybridized carbons (Fsp3) is 0.409. The number of aryl methyl sites for hydroxylation is 1. The van der Waals surface area contributed by atoms with Gasteiger partial charge in [-0.15, -0.1) is 11.3 Å². The number of alkyl carbamates (subject to hydrolysis) is 1. The summed E-state index contributed by atoms with van der Waals surface area (Å²) in [5, 5.41) is 8.03. The smallest absolute Gasteiger partial charge is 0.407 e. The van der Waals surface area contributed by atoms with Crippen LogP contribution < -0.4 is 10.6 Å². The van der Waals surface area contributed by atoms with E-state index in [0.29, 0.717) is 17.1 Å². The molecular formula is C22H27N3O4S. The number of carbonyl (C=O) groups excluding carboxylic acids is 2. The third kappa shape index (κ3) is 4.81. The molecule has 0 aliphatic carbocycles. The monoisotopic (exact) mass is 429 g/mol. The summed E-state index contributed by atoms with van der Waals surface area (Å²) in [6, 6.07) is 7.67. The summed E-state index contributed by atoms with van der Waals surface area (Å²) in [7, 11) is 1.37. The lowest BCUT2D eigenvalue weighted by atomic mass is 10.1. The third-order valence-corrected chi connectivity index (χ3v) is 5.52. The van der Waals surface area contributed by atoms with Crippen LogP contribution in [0.25, 0.3) is 21.0 Å². The summed E-state index contributed by atoms with van der Waals surface area (Å²) in [6.45, 7) is 9.67. The molecule has 0 radical (unpaired) electrons. The number of ether oxygens (including phenoxy) is 2. The minimum Gasteiger partial charge on any atom is -0.465 e. The highest BCUT2D eigenvalue weighted by Gasteiger charge is 2.22. The van der Waals surface area contributed by atoms with Crippen molar-refractivity contribution in [1.82, 2.24) is 10.3 Å². The molecule has 0 fully saturated rings. The van der Waals surface area contributed by atoms with Crippen molar-refractivity contribution in [2.75, 3.05) is 19.0 Å². The molecule has 0 saturated carbocycles. The summed E-state index contributed by atoms with van der Waals surface area (Å²) < 4.78 is 11.3. The van der Waals surface area contributed by atoms with Gasteiger partial charge in [-0.1, -0.05) is 6.07 Å². The van der Waals surface area contributed by atoms with E-state index in [-0.39, 0.29) is 6.04 Å². The van der Waals surface area contributed by atoms with Gasteiger partial charge in [0.25, 0.3) is 0 Å². The Balaban J connectivity index is 1.93. The lowest BCUT2D eigenvalue weighted by Crippen LogP contribution is -2.40. The normalized spacial score (nSPS) is 12.6. The van der Waals surface area contributed by atoms with Gasteiger partial charge in [0, 0.05) is 33.8 Å². The maximum Gasteiger partial charge on any atom is 0.407 e. The topological polar surface area (TPSA) is 89.5 Å². The van der Waals surface area contributed by atoms with E-state index < -0.39 is 17.7 Å². The lowest BCUT2D eigenvalue weighted by Gasteiger charge is -2.22. The standard InChI is InChI=1S/C22H27N3O4S/c1-12-7-8-14-15(24-12)9-10-16-17(14)18(19(30-16)20(26)28-6)23-11-13(2)25-21(27)29-22(3,4)5/h7-10,13,23H,11H2,1-6H3,(H,25,27)/t13-/m0/s1. The highest BCUT2D eigenvalue weighted by atomic mass is 32.1. The molecule has 3 aromatic rings. The van der Waals surface area contributed by atoms with Crippen LogP contribution in [0.2, 0.25) is 0 Å². The summed E-state index contributed by atoms with van der Waals surface area (Å²) >= 11 is 1.37. The number of hydrogen-bond acceptors (Lipinski definition) is 7. The van der Waals surface area contributed by atoms with E-state index in [1.807, 2.05) is 58.9 Å². The second-order valence-electron chi connectivity index (χ2n) is 8.18. The average molecular weight is 430 g/mol. The minimum absolute atomic E-state index is 0.226. The van der Waals surface area contributed by atoms with E-state index in [9.17, 15) is 9.59 Å². The van der Waals surface area contributed by atoms with Gasteiger partial charge >= 0.3 is 12.1 Å². The first-order valence-electron chi connectivity index (χ1n) is 9.73. The van der Waals surface area contributed by atoms with E-state index in [2.05, 4.69) is 15.6 Å². The van der Waals surface area contributed by atoms with Crippen LogP contribution in [0.1, 0.15) is 43.1 Å². The number of carbonyl (C=O) groups is 2. The van der Waals surface area contributed by atoms with Gasteiger partial charge in [-0.25, -0.2) is 9.59 Å². The molecule has 0 saturated heterocycles. The Morgan fingerprint density at radius 2 is 1.93 bits per heavy atom. The largest absolute Gasteiger partial charge is 0.465 e. The van der Waals surface area contributed by atoms with Gasteiger partial charge in [-0.2, -0.15) is 0 Å². The van der Waals surface area contributed by atoms with E-state index in [0.717, 1.165) is 26.7 Å². The number of methoxy groups -OCH3 is 1. The van der Waals surface area contributed by atoms with Crippen molar-refractivity contribution >= 4 is 50.1 Å². The molecule has 8 heteroatoms. The molecule has 2 N–H and O–H groups in total. The van der Waals surface area contributed by atoms with Gasteiger partial charge in [0.2, 0.25) is 0 Å². The Kier molecular flexibility index (Phi) is 6.17. The lowest BCUT2D eigenvalue weighted by molar-refractivity contribution is 0.0509. The molecule has 1 amide bonds.